The standard InChI is InChI=1S/C16H24N2O2S/c1-16(2)12-18(9-10-20-16)11-13-5-7-14(8-6-13)21-15(19)17(3)4/h5-8H,9-12H2,1-4H3. The van der Waals surface area contributed by atoms with E-state index in [2.05, 4.69) is 30.9 Å². The van der Waals surface area contributed by atoms with E-state index < -0.39 is 0 Å². The summed E-state index contributed by atoms with van der Waals surface area (Å²) in [7, 11) is 3.54. The SMILES string of the molecule is CN(C)C(=O)Sc1ccc(CN2CCOC(C)(C)C2)cc1. The van der Waals surface area contributed by atoms with Crippen LogP contribution in [0.5, 0.6) is 0 Å². The van der Waals surface area contributed by atoms with Gasteiger partial charge in [0.15, 0.2) is 0 Å². The molecule has 0 atom stereocenters. The fraction of sp³-hybridized carbons (Fsp3) is 0.562. The maximum absolute atomic E-state index is 11.7. The van der Waals surface area contributed by atoms with Gasteiger partial charge in [0.25, 0.3) is 5.24 Å². The zero-order valence-electron chi connectivity index (χ0n) is 13.3. The average Bonchev–Trinajstić information content (AvgIpc) is 2.39. The Morgan fingerprint density at radius 2 is 2.00 bits per heavy atom. The Morgan fingerprint density at radius 1 is 1.33 bits per heavy atom. The number of carbonyl (C=O) groups is 1. The Balaban J connectivity index is 1.92. The molecule has 5 heteroatoms. The van der Waals surface area contributed by atoms with Gasteiger partial charge in [-0.2, -0.15) is 0 Å². The van der Waals surface area contributed by atoms with E-state index in [1.807, 2.05) is 12.1 Å². The van der Waals surface area contributed by atoms with Gasteiger partial charge in [-0.25, -0.2) is 0 Å². The van der Waals surface area contributed by atoms with Crippen LogP contribution in [-0.2, 0) is 11.3 Å². The van der Waals surface area contributed by atoms with Gasteiger partial charge < -0.3 is 9.64 Å². The number of amides is 1. The summed E-state index contributed by atoms with van der Waals surface area (Å²) in [6.45, 7) is 7.90. The van der Waals surface area contributed by atoms with Gasteiger partial charge in [0.05, 0.1) is 12.2 Å². The molecule has 1 aliphatic rings. The molecule has 0 aromatic heterocycles. The Bertz CT molecular complexity index is 486. The quantitative estimate of drug-likeness (QED) is 0.804. The van der Waals surface area contributed by atoms with Crippen molar-refractivity contribution in [3.05, 3.63) is 29.8 Å². The number of rotatable bonds is 3. The second-order valence-corrected chi connectivity index (χ2v) is 7.25. The van der Waals surface area contributed by atoms with Gasteiger partial charge in [-0.15, -0.1) is 0 Å². The van der Waals surface area contributed by atoms with Gasteiger partial charge in [0.2, 0.25) is 0 Å². The molecule has 0 N–H and O–H groups in total. The van der Waals surface area contributed by atoms with Gasteiger partial charge in [0, 0.05) is 38.6 Å². The molecule has 1 amide bonds. The van der Waals surface area contributed by atoms with Crippen LogP contribution in [0.15, 0.2) is 29.2 Å². The first kappa shape index (κ1) is 16.3. The highest BCUT2D eigenvalue weighted by Gasteiger charge is 2.26. The summed E-state index contributed by atoms with van der Waals surface area (Å²) in [5.41, 5.74) is 1.21. The molecule has 1 fully saturated rings. The van der Waals surface area contributed by atoms with E-state index in [1.54, 1.807) is 19.0 Å². The van der Waals surface area contributed by atoms with E-state index in [0.29, 0.717) is 0 Å². The van der Waals surface area contributed by atoms with E-state index in [0.717, 1.165) is 31.1 Å². The first-order valence-corrected chi connectivity index (χ1v) is 8.02. The van der Waals surface area contributed by atoms with Gasteiger partial charge >= 0.3 is 0 Å². The van der Waals surface area contributed by atoms with E-state index in [1.165, 1.54) is 17.3 Å². The minimum absolute atomic E-state index is 0.0534. The molecule has 116 valence electrons. The third kappa shape index (κ3) is 5.02. The molecule has 1 aromatic carbocycles. The molecular formula is C16H24N2O2S. The van der Waals surface area contributed by atoms with Crippen molar-refractivity contribution < 1.29 is 9.53 Å². The fourth-order valence-corrected chi connectivity index (χ4v) is 3.02. The lowest BCUT2D eigenvalue weighted by Gasteiger charge is -2.38. The van der Waals surface area contributed by atoms with Gasteiger partial charge in [-0.05, 0) is 43.3 Å². The largest absolute Gasteiger partial charge is 0.373 e. The zero-order chi connectivity index (χ0) is 15.5. The van der Waals surface area contributed by atoms with E-state index in [-0.39, 0.29) is 10.8 Å². The third-order valence-corrected chi connectivity index (χ3v) is 4.45. The molecular weight excluding hydrogens is 284 g/mol. The Morgan fingerprint density at radius 3 is 2.57 bits per heavy atom. The Hall–Kier alpha value is -1.04. The molecule has 1 saturated heterocycles. The summed E-state index contributed by atoms with van der Waals surface area (Å²) in [6.07, 6.45) is 0. The van der Waals surface area contributed by atoms with Crippen molar-refractivity contribution in [1.82, 2.24) is 9.80 Å². The smallest absolute Gasteiger partial charge is 0.285 e. The van der Waals surface area contributed by atoms with Crippen LogP contribution in [0.2, 0.25) is 0 Å². The fourth-order valence-electron chi connectivity index (χ4n) is 2.36. The molecule has 21 heavy (non-hydrogen) atoms. The summed E-state index contributed by atoms with van der Waals surface area (Å²) in [6, 6.07) is 8.25. The molecule has 0 radical (unpaired) electrons. The molecule has 4 nitrogen and oxygen atoms in total. The normalized spacial score (nSPS) is 18.5. The first-order chi connectivity index (χ1) is 9.85. The van der Waals surface area contributed by atoms with Gasteiger partial charge in [0.1, 0.15) is 0 Å². The summed E-state index contributed by atoms with van der Waals surface area (Å²) in [5, 5.41) is 0.0534. The lowest BCUT2D eigenvalue weighted by atomic mass is 10.1. The second-order valence-electron chi connectivity index (χ2n) is 6.23. The molecule has 0 spiro atoms. The Labute approximate surface area is 131 Å². The van der Waals surface area contributed by atoms with Crippen molar-refractivity contribution in [3.8, 4) is 0 Å². The van der Waals surface area contributed by atoms with Crippen LogP contribution in [0.3, 0.4) is 0 Å². The lowest BCUT2D eigenvalue weighted by Crippen LogP contribution is -2.47. The topological polar surface area (TPSA) is 32.8 Å². The highest BCUT2D eigenvalue weighted by molar-refractivity contribution is 8.13. The number of morpholine rings is 1. The maximum Gasteiger partial charge on any atom is 0.285 e. The lowest BCUT2D eigenvalue weighted by molar-refractivity contribution is -0.0882. The van der Waals surface area contributed by atoms with Crippen LogP contribution in [0, 0.1) is 0 Å². The maximum atomic E-state index is 11.7. The molecule has 1 heterocycles. The van der Waals surface area contributed by atoms with Crippen molar-refractivity contribution >= 4 is 17.0 Å². The molecule has 1 aliphatic heterocycles. The number of carbonyl (C=O) groups excluding carboxylic acids is 1. The number of thioether (sulfide) groups is 1. The molecule has 2 rings (SSSR count). The summed E-state index contributed by atoms with van der Waals surface area (Å²) in [4.78, 5) is 16.6. The summed E-state index contributed by atoms with van der Waals surface area (Å²) >= 11 is 1.26. The van der Waals surface area contributed by atoms with E-state index >= 15 is 0 Å². The van der Waals surface area contributed by atoms with E-state index in [4.69, 9.17) is 4.74 Å². The molecule has 0 unspecified atom stereocenters. The molecule has 0 aliphatic carbocycles. The van der Waals surface area contributed by atoms with Crippen molar-refractivity contribution in [3.63, 3.8) is 0 Å². The van der Waals surface area contributed by atoms with Crippen LogP contribution in [0.4, 0.5) is 4.79 Å². The van der Waals surface area contributed by atoms with Crippen molar-refractivity contribution in [2.24, 2.45) is 0 Å². The average molecular weight is 308 g/mol. The second kappa shape index (κ2) is 6.81. The number of ether oxygens (including phenoxy) is 1. The molecule has 0 saturated carbocycles. The zero-order valence-corrected chi connectivity index (χ0v) is 14.1. The van der Waals surface area contributed by atoms with Crippen LogP contribution in [-0.4, -0.2) is 54.4 Å². The Kier molecular flexibility index (Phi) is 5.30. The predicted molar refractivity (Wildman–Crippen MR) is 86.7 cm³/mol. The molecule has 1 aromatic rings. The summed E-state index contributed by atoms with van der Waals surface area (Å²) < 4.78 is 5.73. The number of hydrogen-bond acceptors (Lipinski definition) is 4. The highest BCUT2D eigenvalue weighted by atomic mass is 32.2. The van der Waals surface area contributed by atoms with Gasteiger partial charge in [-0.3, -0.25) is 9.69 Å². The van der Waals surface area contributed by atoms with Crippen molar-refractivity contribution in [2.75, 3.05) is 33.8 Å². The van der Waals surface area contributed by atoms with Crippen molar-refractivity contribution in [1.29, 1.82) is 0 Å². The van der Waals surface area contributed by atoms with Crippen molar-refractivity contribution in [2.45, 2.75) is 30.9 Å². The predicted octanol–water partition coefficient (Wildman–Crippen LogP) is 3.07. The number of benzene rings is 1. The highest BCUT2D eigenvalue weighted by Crippen LogP contribution is 2.22. The molecule has 0 bridgehead atoms. The van der Waals surface area contributed by atoms with Crippen LogP contribution >= 0.6 is 11.8 Å². The van der Waals surface area contributed by atoms with E-state index in [9.17, 15) is 4.79 Å². The third-order valence-electron chi connectivity index (χ3n) is 3.40. The van der Waals surface area contributed by atoms with Crippen LogP contribution in [0.1, 0.15) is 19.4 Å². The monoisotopic (exact) mass is 308 g/mol. The number of nitrogens with zero attached hydrogens (tertiary/aromatic N) is 2. The first-order valence-electron chi connectivity index (χ1n) is 7.20. The van der Waals surface area contributed by atoms with Gasteiger partial charge in [-0.1, -0.05) is 12.1 Å². The van der Waals surface area contributed by atoms with Crippen LogP contribution < -0.4 is 0 Å². The summed E-state index contributed by atoms with van der Waals surface area (Å²) in [5.74, 6) is 0. The minimum atomic E-state index is -0.0633. The van der Waals surface area contributed by atoms with Crippen LogP contribution in [0.25, 0.3) is 0 Å². The minimum Gasteiger partial charge on any atom is -0.373 e. The number of hydrogen-bond donors (Lipinski definition) is 0.